The highest BCUT2D eigenvalue weighted by atomic mass is 19.4. The first-order chi connectivity index (χ1) is 18.4. The molecule has 0 aliphatic carbocycles. The number of nitrogens with one attached hydrogen (secondary N) is 1. The van der Waals surface area contributed by atoms with Gasteiger partial charge in [0.05, 0.1) is 17.6 Å². The molecule has 0 spiro atoms. The Morgan fingerprint density at radius 2 is 1.76 bits per heavy atom. The first-order valence-electron chi connectivity index (χ1n) is 11.5. The molecule has 5 rings (SSSR count). The molecule has 0 saturated carbocycles. The minimum atomic E-state index is -4.64. The average Bonchev–Trinajstić information content (AvgIpc) is 3.40. The lowest BCUT2D eigenvalue weighted by Crippen LogP contribution is -2.15. The minimum Gasteiger partial charge on any atom is -0.489 e. The van der Waals surface area contributed by atoms with E-state index < -0.39 is 17.8 Å². The van der Waals surface area contributed by atoms with Gasteiger partial charge < -0.3 is 10.1 Å². The topological polar surface area (TPSA) is 81.9 Å². The third kappa shape index (κ3) is 5.70. The normalized spacial score (nSPS) is 11.2. The highest BCUT2D eigenvalue weighted by Gasteiger charge is 2.36. The van der Waals surface area contributed by atoms with Crippen LogP contribution in [0.15, 0.2) is 104 Å². The number of ether oxygens (including phenoxy) is 1. The fraction of sp³-hybridized carbons (Fsp3) is 0.0714. The summed E-state index contributed by atoms with van der Waals surface area (Å²) in [5, 5.41) is 6.77. The van der Waals surface area contributed by atoms with Crippen molar-refractivity contribution in [2.45, 2.75) is 12.8 Å². The molecular weight excluding hydrogens is 495 g/mol. The predicted molar refractivity (Wildman–Crippen MR) is 135 cm³/mol. The maximum Gasteiger partial charge on any atom is 0.433 e. The van der Waals surface area contributed by atoms with Crippen LogP contribution in [0.4, 0.5) is 19.0 Å². The van der Waals surface area contributed by atoms with Gasteiger partial charge in [0, 0.05) is 23.5 Å². The van der Waals surface area contributed by atoms with Crippen LogP contribution in [0.2, 0.25) is 0 Å². The zero-order valence-electron chi connectivity index (χ0n) is 19.8. The lowest BCUT2D eigenvalue weighted by atomic mass is 10.2. The fourth-order valence-corrected chi connectivity index (χ4v) is 3.68. The Morgan fingerprint density at radius 3 is 2.47 bits per heavy atom. The van der Waals surface area contributed by atoms with E-state index in [4.69, 9.17) is 4.74 Å². The molecule has 190 valence electrons. The number of carbonyl (C=O) groups is 1. The van der Waals surface area contributed by atoms with Crippen molar-refractivity contribution in [3.05, 3.63) is 120 Å². The number of rotatable bonds is 7. The molecule has 3 heterocycles. The summed E-state index contributed by atoms with van der Waals surface area (Å²) in [7, 11) is 0. The molecule has 0 aliphatic rings. The van der Waals surface area contributed by atoms with E-state index in [1.54, 1.807) is 36.4 Å². The Hall–Kier alpha value is -4.99. The molecule has 7 nitrogen and oxygen atoms in total. The maximum absolute atomic E-state index is 13.7. The summed E-state index contributed by atoms with van der Waals surface area (Å²) in [5.74, 6) is 0.250. The van der Waals surface area contributed by atoms with Crippen molar-refractivity contribution >= 4 is 11.7 Å². The fourth-order valence-electron chi connectivity index (χ4n) is 3.68. The molecule has 10 heteroatoms. The van der Waals surface area contributed by atoms with Crippen molar-refractivity contribution in [2.75, 3.05) is 5.32 Å². The monoisotopic (exact) mass is 515 g/mol. The highest BCUT2D eigenvalue weighted by Crippen LogP contribution is 2.34. The molecule has 2 aromatic carbocycles. The van der Waals surface area contributed by atoms with E-state index in [9.17, 15) is 18.0 Å². The smallest absolute Gasteiger partial charge is 0.433 e. The zero-order valence-corrected chi connectivity index (χ0v) is 19.8. The van der Waals surface area contributed by atoms with Gasteiger partial charge in [-0.3, -0.25) is 9.78 Å². The van der Waals surface area contributed by atoms with Crippen LogP contribution in [0, 0.1) is 0 Å². The maximum atomic E-state index is 13.7. The van der Waals surface area contributed by atoms with Crippen LogP contribution < -0.4 is 10.1 Å². The molecule has 0 aliphatic heterocycles. The summed E-state index contributed by atoms with van der Waals surface area (Å²) in [5.41, 5.74) is 1.03. The summed E-state index contributed by atoms with van der Waals surface area (Å²) in [4.78, 5) is 20.8. The number of aromatic nitrogens is 4. The minimum absolute atomic E-state index is 0.0850. The van der Waals surface area contributed by atoms with E-state index in [2.05, 4.69) is 20.4 Å². The Kier molecular flexibility index (Phi) is 6.86. The lowest BCUT2D eigenvalue weighted by molar-refractivity contribution is -0.142. The molecule has 0 fully saturated rings. The highest BCUT2D eigenvalue weighted by molar-refractivity contribution is 6.04. The molecular formula is C28H20F3N5O2. The van der Waals surface area contributed by atoms with Crippen LogP contribution in [0.25, 0.3) is 16.9 Å². The molecule has 5 aromatic rings. The quantitative estimate of drug-likeness (QED) is 0.280. The number of nitrogens with zero attached hydrogens (tertiary/aromatic N) is 4. The van der Waals surface area contributed by atoms with Crippen molar-refractivity contribution in [3.8, 4) is 22.7 Å². The first kappa shape index (κ1) is 24.7. The number of benzene rings is 2. The second-order valence-corrected chi connectivity index (χ2v) is 8.22. The van der Waals surface area contributed by atoms with Gasteiger partial charge in [0.15, 0.2) is 0 Å². The summed E-state index contributed by atoms with van der Waals surface area (Å²) in [6, 6.07) is 23.3. The number of amides is 1. The van der Waals surface area contributed by atoms with Crippen molar-refractivity contribution in [2.24, 2.45) is 0 Å². The number of pyridine rings is 2. The van der Waals surface area contributed by atoms with Gasteiger partial charge in [-0.05, 0) is 54.1 Å². The van der Waals surface area contributed by atoms with Gasteiger partial charge in [-0.2, -0.15) is 18.3 Å². The summed E-state index contributed by atoms with van der Waals surface area (Å²) in [6.07, 6.45) is -0.472. The number of carbonyl (C=O) groups excluding carboxylic acids is 1. The van der Waals surface area contributed by atoms with Gasteiger partial charge in [0.1, 0.15) is 23.9 Å². The molecule has 0 atom stereocenters. The van der Waals surface area contributed by atoms with Crippen molar-refractivity contribution in [1.82, 2.24) is 19.7 Å². The van der Waals surface area contributed by atoms with E-state index in [-0.39, 0.29) is 17.2 Å². The Balaban J connectivity index is 1.31. The molecule has 1 N–H and O–H groups in total. The van der Waals surface area contributed by atoms with E-state index in [0.29, 0.717) is 23.5 Å². The molecule has 0 unspecified atom stereocenters. The van der Waals surface area contributed by atoms with Gasteiger partial charge in [0.2, 0.25) is 0 Å². The number of anilines is 1. The zero-order chi connectivity index (χ0) is 26.5. The molecule has 1 amide bonds. The van der Waals surface area contributed by atoms with Crippen LogP contribution in [0.5, 0.6) is 5.75 Å². The second kappa shape index (κ2) is 10.6. The largest absolute Gasteiger partial charge is 0.489 e. The van der Waals surface area contributed by atoms with Gasteiger partial charge in [-0.15, -0.1) is 0 Å². The molecule has 0 saturated heterocycles. The van der Waals surface area contributed by atoms with Gasteiger partial charge in [0.25, 0.3) is 5.91 Å². The van der Waals surface area contributed by atoms with Gasteiger partial charge in [-0.1, -0.05) is 36.4 Å². The molecule has 3 aromatic heterocycles. The van der Waals surface area contributed by atoms with Crippen LogP contribution >= 0.6 is 0 Å². The van der Waals surface area contributed by atoms with Gasteiger partial charge >= 0.3 is 6.18 Å². The van der Waals surface area contributed by atoms with E-state index in [1.165, 1.54) is 30.7 Å². The standard InChI is InChI=1S/C28H20F3N5O2/c29-28(30,31)25-15-24(21-9-5-13-32-16-21)35-36(25)22-11-12-26(33-17-22)34-27(37)20-8-4-10-23(14-20)38-18-19-6-2-1-3-7-19/h1-17H,18H2,(H,33,34,37). The number of hydrogen-bond donors (Lipinski definition) is 1. The van der Waals surface area contributed by atoms with Crippen molar-refractivity contribution < 1.29 is 22.7 Å². The Labute approximate surface area is 215 Å². The van der Waals surface area contributed by atoms with E-state index >= 15 is 0 Å². The first-order valence-corrected chi connectivity index (χ1v) is 11.5. The summed E-state index contributed by atoms with van der Waals surface area (Å²) >= 11 is 0. The second-order valence-electron chi connectivity index (χ2n) is 8.22. The molecule has 38 heavy (non-hydrogen) atoms. The SMILES string of the molecule is O=C(Nc1ccc(-n2nc(-c3cccnc3)cc2C(F)(F)F)cn1)c1cccc(OCc2ccccc2)c1. The summed E-state index contributed by atoms with van der Waals surface area (Å²) < 4.78 is 47.7. The van der Waals surface area contributed by atoms with Gasteiger partial charge in [-0.25, -0.2) is 9.67 Å². The third-order valence-electron chi connectivity index (χ3n) is 5.54. The Bertz CT molecular complexity index is 1540. The number of alkyl halides is 3. The van der Waals surface area contributed by atoms with Crippen LogP contribution in [-0.2, 0) is 12.8 Å². The average molecular weight is 515 g/mol. The molecule has 0 bridgehead atoms. The van der Waals surface area contributed by atoms with Crippen LogP contribution in [-0.4, -0.2) is 25.7 Å². The van der Waals surface area contributed by atoms with Crippen LogP contribution in [0.1, 0.15) is 21.6 Å². The van der Waals surface area contributed by atoms with Crippen LogP contribution in [0.3, 0.4) is 0 Å². The Morgan fingerprint density at radius 1 is 0.921 bits per heavy atom. The van der Waals surface area contributed by atoms with E-state index in [1.807, 2.05) is 30.3 Å². The summed E-state index contributed by atoms with van der Waals surface area (Å²) in [6.45, 7) is 0.352. The molecule has 0 radical (unpaired) electrons. The number of halogens is 3. The lowest BCUT2D eigenvalue weighted by Gasteiger charge is -2.11. The van der Waals surface area contributed by atoms with Crippen molar-refractivity contribution in [1.29, 1.82) is 0 Å². The van der Waals surface area contributed by atoms with Crippen molar-refractivity contribution in [3.63, 3.8) is 0 Å². The predicted octanol–water partition coefficient (Wildman–Crippen LogP) is 6.18. The van der Waals surface area contributed by atoms with E-state index in [0.717, 1.165) is 16.3 Å². The number of hydrogen-bond acceptors (Lipinski definition) is 5. The third-order valence-corrected chi connectivity index (χ3v) is 5.54.